The molecule has 110 valence electrons. The molecular formula is C19H14N4. The Balaban J connectivity index is 2.11. The second kappa shape index (κ2) is 4.85. The molecule has 0 aliphatic heterocycles. The average Bonchev–Trinajstić information content (AvgIpc) is 2.92. The predicted octanol–water partition coefficient (Wildman–Crippen LogP) is 3.92. The Bertz CT molecular complexity index is 1100. The molecule has 0 saturated carbocycles. The third-order valence-corrected chi connectivity index (χ3v) is 4.21. The first kappa shape index (κ1) is 13.4. The SMILES string of the molecule is Cc1ccccc1-c1nc2c3cccc(C#N)c3ccn2c1N. The standard InChI is InChI=1S/C19H14N4/c1-12-5-2-3-7-14(12)17-18(21)23-10-9-15-13(11-20)6-4-8-16(15)19(23)22-17/h2-10H,21H2,1H3. The van der Waals surface area contributed by atoms with Crippen molar-refractivity contribution >= 4 is 22.2 Å². The van der Waals surface area contributed by atoms with Crippen LogP contribution in [0.25, 0.3) is 27.7 Å². The molecule has 0 bridgehead atoms. The van der Waals surface area contributed by atoms with E-state index >= 15 is 0 Å². The van der Waals surface area contributed by atoms with Crippen LogP contribution < -0.4 is 5.73 Å². The number of rotatable bonds is 1. The number of fused-ring (bicyclic) bond motifs is 3. The van der Waals surface area contributed by atoms with Gasteiger partial charge in [0.2, 0.25) is 0 Å². The third kappa shape index (κ3) is 1.87. The summed E-state index contributed by atoms with van der Waals surface area (Å²) in [6, 6.07) is 17.9. The number of hydrogen-bond acceptors (Lipinski definition) is 3. The Labute approximate surface area is 133 Å². The van der Waals surface area contributed by atoms with Gasteiger partial charge in [-0.2, -0.15) is 5.26 Å². The van der Waals surface area contributed by atoms with Crippen LogP contribution in [0, 0.1) is 18.3 Å². The Morgan fingerprint density at radius 3 is 2.65 bits per heavy atom. The lowest BCUT2D eigenvalue weighted by Crippen LogP contribution is -1.95. The highest BCUT2D eigenvalue weighted by atomic mass is 15.1. The molecule has 0 aliphatic carbocycles. The molecule has 4 aromatic rings. The number of anilines is 1. The summed E-state index contributed by atoms with van der Waals surface area (Å²) in [5.74, 6) is 0.610. The summed E-state index contributed by atoms with van der Waals surface area (Å²) in [5, 5.41) is 11.1. The van der Waals surface area contributed by atoms with Gasteiger partial charge in [0.25, 0.3) is 0 Å². The number of aromatic nitrogens is 2. The van der Waals surface area contributed by atoms with E-state index in [1.165, 1.54) is 0 Å². The fourth-order valence-corrected chi connectivity index (χ4v) is 3.01. The van der Waals surface area contributed by atoms with Crippen LogP contribution in [0.3, 0.4) is 0 Å². The van der Waals surface area contributed by atoms with Crippen LogP contribution in [0.15, 0.2) is 54.7 Å². The minimum Gasteiger partial charge on any atom is -0.383 e. The Morgan fingerprint density at radius 2 is 1.87 bits per heavy atom. The summed E-state index contributed by atoms with van der Waals surface area (Å²) in [6.45, 7) is 2.05. The van der Waals surface area contributed by atoms with Crippen LogP contribution in [0.4, 0.5) is 5.82 Å². The quantitative estimate of drug-likeness (QED) is 0.579. The van der Waals surface area contributed by atoms with Crippen molar-refractivity contribution in [2.24, 2.45) is 0 Å². The molecule has 2 heterocycles. The third-order valence-electron chi connectivity index (χ3n) is 4.21. The van der Waals surface area contributed by atoms with Crippen LogP contribution in [-0.2, 0) is 0 Å². The second-order valence-corrected chi connectivity index (χ2v) is 5.55. The minimum absolute atomic E-state index is 0.610. The number of benzene rings is 2. The number of hydrogen-bond donors (Lipinski definition) is 1. The zero-order valence-electron chi connectivity index (χ0n) is 12.6. The lowest BCUT2D eigenvalue weighted by atomic mass is 10.1. The summed E-state index contributed by atoms with van der Waals surface area (Å²) in [6.07, 6.45) is 1.88. The van der Waals surface area contributed by atoms with Crippen molar-refractivity contribution in [2.45, 2.75) is 6.92 Å². The van der Waals surface area contributed by atoms with E-state index in [2.05, 4.69) is 6.07 Å². The van der Waals surface area contributed by atoms with E-state index in [1.807, 2.05) is 66.1 Å². The molecule has 2 aromatic heterocycles. The highest BCUT2D eigenvalue weighted by Crippen LogP contribution is 2.32. The van der Waals surface area contributed by atoms with E-state index in [9.17, 15) is 5.26 Å². The topological polar surface area (TPSA) is 67.1 Å². The number of nitrogen functional groups attached to an aromatic ring is 1. The van der Waals surface area contributed by atoms with E-state index in [4.69, 9.17) is 10.7 Å². The summed E-state index contributed by atoms with van der Waals surface area (Å²) >= 11 is 0. The predicted molar refractivity (Wildman–Crippen MR) is 92.0 cm³/mol. The lowest BCUT2D eigenvalue weighted by Gasteiger charge is -2.03. The van der Waals surface area contributed by atoms with Crippen molar-refractivity contribution in [2.75, 3.05) is 5.73 Å². The van der Waals surface area contributed by atoms with Crippen LogP contribution in [0.2, 0.25) is 0 Å². The van der Waals surface area contributed by atoms with Gasteiger partial charge in [-0.1, -0.05) is 36.4 Å². The summed E-state index contributed by atoms with van der Waals surface area (Å²) in [7, 11) is 0. The maximum atomic E-state index is 9.28. The highest BCUT2D eigenvalue weighted by molar-refractivity contribution is 5.99. The zero-order valence-corrected chi connectivity index (χ0v) is 12.6. The molecule has 0 atom stereocenters. The molecule has 0 fully saturated rings. The van der Waals surface area contributed by atoms with Gasteiger partial charge in [0.1, 0.15) is 17.2 Å². The molecule has 2 N–H and O–H groups in total. The molecule has 2 aromatic carbocycles. The molecular weight excluding hydrogens is 284 g/mol. The summed E-state index contributed by atoms with van der Waals surface area (Å²) < 4.78 is 1.88. The number of pyridine rings is 1. The molecule has 0 saturated heterocycles. The smallest absolute Gasteiger partial charge is 0.147 e. The van der Waals surface area contributed by atoms with Crippen molar-refractivity contribution < 1.29 is 0 Å². The van der Waals surface area contributed by atoms with E-state index in [-0.39, 0.29) is 0 Å². The van der Waals surface area contributed by atoms with Crippen LogP contribution >= 0.6 is 0 Å². The fourth-order valence-electron chi connectivity index (χ4n) is 3.01. The first-order valence-corrected chi connectivity index (χ1v) is 7.36. The molecule has 4 rings (SSSR count). The lowest BCUT2D eigenvalue weighted by molar-refractivity contribution is 1.21. The Kier molecular flexibility index (Phi) is 2.82. The van der Waals surface area contributed by atoms with E-state index in [1.54, 1.807) is 0 Å². The van der Waals surface area contributed by atoms with Gasteiger partial charge in [-0.25, -0.2) is 4.98 Å². The van der Waals surface area contributed by atoms with Crippen molar-refractivity contribution in [3.8, 4) is 17.3 Å². The Hall–Kier alpha value is -3.32. The van der Waals surface area contributed by atoms with Crippen LogP contribution in [0.5, 0.6) is 0 Å². The monoisotopic (exact) mass is 298 g/mol. The largest absolute Gasteiger partial charge is 0.383 e. The van der Waals surface area contributed by atoms with E-state index < -0.39 is 0 Å². The van der Waals surface area contributed by atoms with E-state index in [0.29, 0.717) is 11.4 Å². The Morgan fingerprint density at radius 1 is 1.04 bits per heavy atom. The number of aryl methyl sites for hydroxylation is 1. The van der Waals surface area contributed by atoms with Gasteiger partial charge in [0.15, 0.2) is 0 Å². The van der Waals surface area contributed by atoms with Crippen molar-refractivity contribution in [1.82, 2.24) is 9.38 Å². The molecule has 0 amide bonds. The molecule has 4 heteroatoms. The molecule has 4 nitrogen and oxygen atoms in total. The second-order valence-electron chi connectivity index (χ2n) is 5.55. The van der Waals surface area contributed by atoms with Gasteiger partial charge in [-0.05, 0) is 24.6 Å². The van der Waals surface area contributed by atoms with Crippen LogP contribution in [0.1, 0.15) is 11.1 Å². The van der Waals surface area contributed by atoms with Crippen molar-refractivity contribution in [1.29, 1.82) is 5.26 Å². The van der Waals surface area contributed by atoms with Crippen molar-refractivity contribution in [3.05, 3.63) is 65.9 Å². The fraction of sp³-hybridized carbons (Fsp3) is 0.0526. The normalized spacial score (nSPS) is 11.0. The maximum absolute atomic E-state index is 9.28. The first-order chi connectivity index (χ1) is 11.2. The van der Waals surface area contributed by atoms with Gasteiger partial charge < -0.3 is 5.73 Å². The molecule has 23 heavy (non-hydrogen) atoms. The summed E-state index contributed by atoms with van der Waals surface area (Å²) in [4.78, 5) is 4.78. The number of nitrogens with two attached hydrogens (primary N) is 1. The molecule has 0 aliphatic rings. The van der Waals surface area contributed by atoms with Crippen molar-refractivity contribution in [3.63, 3.8) is 0 Å². The van der Waals surface area contributed by atoms with Gasteiger partial charge >= 0.3 is 0 Å². The highest BCUT2D eigenvalue weighted by Gasteiger charge is 2.15. The first-order valence-electron chi connectivity index (χ1n) is 7.36. The van der Waals surface area contributed by atoms with Gasteiger partial charge in [0.05, 0.1) is 11.6 Å². The molecule has 0 unspecified atom stereocenters. The maximum Gasteiger partial charge on any atom is 0.147 e. The van der Waals surface area contributed by atoms with Crippen LogP contribution in [-0.4, -0.2) is 9.38 Å². The molecule has 0 radical (unpaired) electrons. The van der Waals surface area contributed by atoms with Gasteiger partial charge in [-0.15, -0.1) is 0 Å². The van der Waals surface area contributed by atoms with Gasteiger partial charge in [-0.3, -0.25) is 4.40 Å². The average molecular weight is 298 g/mol. The molecule has 0 spiro atoms. The minimum atomic E-state index is 0.610. The van der Waals surface area contributed by atoms with Gasteiger partial charge in [0, 0.05) is 22.5 Å². The van der Waals surface area contributed by atoms with E-state index in [0.717, 1.165) is 33.2 Å². The number of nitrogens with zero attached hydrogens (tertiary/aromatic N) is 3. The number of imidazole rings is 1. The zero-order chi connectivity index (χ0) is 16.0. The summed E-state index contributed by atoms with van der Waals surface area (Å²) in [5.41, 5.74) is 10.7. The number of nitriles is 1.